The maximum atomic E-state index is 11.1. The maximum Gasteiger partial charge on any atom is 0.327 e. The molecule has 0 radical (unpaired) electrons. The van der Waals surface area contributed by atoms with Gasteiger partial charge in [-0.25, -0.2) is 4.68 Å². The number of hydrogen-bond acceptors (Lipinski definition) is 4. The van der Waals surface area contributed by atoms with Gasteiger partial charge in [0, 0.05) is 12.1 Å². The zero-order valence-corrected chi connectivity index (χ0v) is 7.65. The van der Waals surface area contributed by atoms with Crippen LogP contribution in [0.3, 0.4) is 0 Å². The number of esters is 1. The number of carbonyl (C=O) groups excluding carboxylic acids is 1. The Labute approximate surface area is 79.1 Å². The summed E-state index contributed by atoms with van der Waals surface area (Å²) in [5, 5.41) is 2.21. The van der Waals surface area contributed by atoms with Gasteiger partial charge in [-0.05, 0) is 6.92 Å². The SMILES string of the molecule is CCOC(=O)Cn1[nH]c(=O)ccc1=O. The van der Waals surface area contributed by atoms with Gasteiger partial charge in [0.15, 0.2) is 0 Å². The molecule has 0 spiro atoms. The van der Waals surface area contributed by atoms with Crippen molar-refractivity contribution in [3.05, 3.63) is 32.8 Å². The molecule has 0 unspecified atom stereocenters. The van der Waals surface area contributed by atoms with Crippen molar-refractivity contribution >= 4 is 5.97 Å². The second-order valence-corrected chi connectivity index (χ2v) is 2.54. The molecule has 1 heterocycles. The van der Waals surface area contributed by atoms with Crippen LogP contribution in [0.2, 0.25) is 0 Å². The molecule has 0 aliphatic carbocycles. The molecule has 1 N–H and O–H groups in total. The van der Waals surface area contributed by atoms with Crippen LogP contribution >= 0.6 is 0 Å². The second-order valence-electron chi connectivity index (χ2n) is 2.54. The molecule has 14 heavy (non-hydrogen) atoms. The first kappa shape index (κ1) is 10.2. The van der Waals surface area contributed by atoms with Crippen LogP contribution in [0.1, 0.15) is 6.92 Å². The minimum absolute atomic E-state index is 0.241. The summed E-state index contributed by atoms with van der Waals surface area (Å²) < 4.78 is 5.52. The highest BCUT2D eigenvalue weighted by atomic mass is 16.5. The fourth-order valence-electron chi connectivity index (χ4n) is 0.916. The molecule has 0 atom stereocenters. The predicted molar refractivity (Wildman–Crippen MR) is 48.0 cm³/mol. The van der Waals surface area contributed by atoms with E-state index < -0.39 is 17.1 Å². The van der Waals surface area contributed by atoms with Gasteiger partial charge < -0.3 is 4.74 Å². The first-order chi connectivity index (χ1) is 6.63. The van der Waals surface area contributed by atoms with E-state index in [1.54, 1.807) is 6.92 Å². The fraction of sp³-hybridized carbons (Fsp3) is 0.375. The number of rotatable bonds is 3. The number of hydrogen-bond donors (Lipinski definition) is 1. The van der Waals surface area contributed by atoms with Crippen molar-refractivity contribution in [1.82, 2.24) is 9.78 Å². The molecular formula is C8H10N2O4. The van der Waals surface area contributed by atoms with Gasteiger partial charge in [0.1, 0.15) is 6.54 Å². The molecule has 6 heteroatoms. The third-order valence-electron chi connectivity index (χ3n) is 1.48. The summed E-state index contributed by atoms with van der Waals surface area (Å²) in [6.07, 6.45) is 0. The van der Waals surface area contributed by atoms with Crippen molar-refractivity contribution in [3.8, 4) is 0 Å². The van der Waals surface area contributed by atoms with Crippen molar-refractivity contribution in [3.63, 3.8) is 0 Å². The summed E-state index contributed by atoms with van der Waals surface area (Å²) >= 11 is 0. The Morgan fingerprint density at radius 3 is 2.86 bits per heavy atom. The Hall–Kier alpha value is -1.85. The lowest BCUT2D eigenvalue weighted by atomic mass is 10.5. The topological polar surface area (TPSA) is 81.2 Å². The fourth-order valence-corrected chi connectivity index (χ4v) is 0.916. The zero-order chi connectivity index (χ0) is 10.6. The van der Waals surface area contributed by atoms with Crippen LogP contribution < -0.4 is 11.1 Å². The molecule has 1 rings (SSSR count). The Morgan fingerprint density at radius 1 is 1.50 bits per heavy atom. The summed E-state index contributed by atoms with van der Waals surface area (Å²) in [6.45, 7) is 1.63. The molecule has 0 saturated heterocycles. The van der Waals surface area contributed by atoms with E-state index in [4.69, 9.17) is 0 Å². The van der Waals surface area contributed by atoms with Gasteiger partial charge in [0.25, 0.3) is 11.1 Å². The Balaban J connectivity index is 2.86. The molecule has 1 aromatic rings. The summed E-state index contributed by atoms with van der Waals surface area (Å²) in [7, 11) is 0. The van der Waals surface area contributed by atoms with Crippen LogP contribution in [0.15, 0.2) is 21.7 Å². The van der Waals surface area contributed by atoms with Gasteiger partial charge in [0.05, 0.1) is 6.61 Å². The van der Waals surface area contributed by atoms with E-state index in [1.807, 2.05) is 0 Å². The van der Waals surface area contributed by atoms with E-state index >= 15 is 0 Å². The Bertz CT molecular complexity index is 431. The number of aromatic nitrogens is 2. The van der Waals surface area contributed by atoms with E-state index in [1.165, 1.54) is 0 Å². The summed E-state index contributed by atoms with van der Waals surface area (Å²) in [4.78, 5) is 32.9. The first-order valence-corrected chi connectivity index (χ1v) is 4.09. The van der Waals surface area contributed by atoms with Gasteiger partial charge in [-0.15, -0.1) is 0 Å². The van der Waals surface area contributed by atoms with Crippen molar-refractivity contribution in [2.45, 2.75) is 13.5 Å². The quantitative estimate of drug-likeness (QED) is 0.638. The van der Waals surface area contributed by atoms with Crippen LogP contribution in [0.25, 0.3) is 0 Å². The standard InChI is InChI=1S/C8H10N2O4/c1-2-14-8(13)5-10-7(12)4-3-6(11)9-10/h3-4H,2,5H2,1H3,(H,9,11). The largest absolute Gasteiger partial charge is 0.465 e. The van der Waals surface area contributed by atoms with Crippen molar-refractivity contribution in [2.75, 3.05) is 6.61 Å². The highest BCUT2D eigenvalue weighted by Gasteiger charge is 2.04. The van der Waals surface area contributed by atoms with Crippen LogP contribution in [-0.4, -0.2) is 22.4 Å². The predicted octanol–water partition coefficient (Wildman–Crippen LogP) is -0.900. The molecule has 0 fully saturated rings. The number of ether oxygens (including phenoxy) is 1. The molecular weight excluding hydrogens is 188 g/mol. The molecule has 76 valence electrons. The molecule has 0 amide bonds. The lowest BCUT2D eigenvalue weighted by Crippen LogP contribution is -2.31. The third-order valence-corrected chi connectivity index (χ3v) is 1.48. The molecule has 1 aromatic heterocycles. The molecule has 0 aliphatic heterocycles. The lowest BCUT2D eigenvalue weighted by molar-refractivity contribution is -0.144. The number of H-pyrrole nitrogens is 1. The van der Waals surface area contributed by atoms with Crippen molar-refractivity contribution in [2.24, 2.45) is 0 Å². The minimum Gasteiger partial charge on any atom is -0.465 e. The van der Waals surface area contributed by atoms with E-state index in [9.17, 15) is 14.4 Å². The van der Waals surface area contributed by atoms with Gasteiger partial charge >= 0.3 is 5.97 Å². The Morgan fingerprint density at radius 2 is 2.21 bits per heavy atom. The number of nitrogens with one attached hydrogen (secondary N) is 1. The van der Waals surface area contributed by atoms with E-state index in [-0.39, 0.29) is 13.2 Å². The van der Waals surface area contributed by atoms with Gasteiger partial charge in [-0.3, -0.25) is 19.5 Å². The van der Waals surface area contributed by atoms with Crippen molar-refractivity contribution in [1.29, 1.82) is 0 Å². The third kappa shape index (κ3) is 2.58. The zero-order valence-electron chi connectivity index (χ0n) is 7.65. The Kier molecular flexibility index (Phi) is 3.22. The van der Waals surface area contributed by atoms with Crippen LogP contribution in [0.5, 0.6) is 0 Å². The molecule has 0 saturated carbocycles. The number of carbonyl (C=O) groups is 1. The van der Waals surface area contributed by atoms with Gasteiger partial charge in [-0.2, -0.15) is 0 Å². The van der Waals surface area contributed by atoms with E-state index in [0.717, 1.165) is 16.8 Å². The highest BCUT2D eigenvalue weighted by molar-refractivity contribution is 5.68. The molecule has 0 aromatic carbocycles. The van der Waals surface area contributed by atoms with Gasteiger partial charge in [0.2, 0.25) is 0 Å². The first-order valence-electron chi connectivity index (χ1n) is 4.09. The second kappa shape index (κ2) is 4.40. The van der Waals surface area contributed by atoms with Crippen LogP contribution in [-0.2, 0) is 16.1 Å². The molecule has 0 aliphatic rings. The normalized spacial score (nSPS) is 9.79. The minimum atomic E-state index is -0.559. The smallest absolute Gasteiger partial charge is 0.327 e. The lowest BCUT2D eigenvalue weighted by Gasteiger charge is -2.03. The summed E-state index contributed by atoms with van der Waals surface area (Å²) in [5.41, 5.74) is -0.883. The van der Waals surface area contributed by atoms with Crippen LogP contribution in [0, 0.1) is 0 Å². The molecule has 0 bridgehead atoms. The average Bonchev–Trinajstić information content (AvgIpc) is 2.12. The molecule has 6 nitrogen and oxygen atoms in total. The number of aromatic amines is 1. The monoisotopic (exact) mass is 198 g/mol. The van der Waals surface area contributed by atoms with Crippen LogP contribution in [0.4, 0.5) is 0 Å². The van der Waals surface area contributed by atoms with E-state index in [0.29, 0.717) is 0 Å². The van der Waals surface area contributed by atoms with E-state index in [2.05, 4.69) is 9.84 Å². The maximum absolute atomic E-state index is 11.1. The van der Waals surface area contributed by atoms with Crippen molar-refractivity contribution < 1.29 is 9.53 Å². The number of nitrogens with zero attached hydrogens (tertiary/aromatic N) is 1. The average molecular weight is 198 g/mol. The van der Waals surface area contributed by atoms with Gasteiger partial charge in [-0.1, -0.05) is 0 Å². The summed E-state index contributed by atoms with van der Waals surface area (Å²) in [5.74, 6) is -0.559. The summed E-state index contributed by atoms with van der Waals surface area (Å²) in [6, 6.07) is 2.20. The highest BCUT2D eigenvalue weighted by Crippen LogP contribution is 1.80.